The van der Waals surface area contributed by atoms with E-state index in [1.165, 1.54) is 0 Å². The molecule has 0 amide bonds. The zero-order valence-electron chi connectivity index (χ0n) is 9.24. The molecule has 0 aliphatic rings. The molecule has 0 saturated heterocycles. The number of aryl methyl sites for hydroxylation is 2. The van der Waals surface area contributed by atoms with Crippen LogP contribution in [0.1, 0.15) is 11.3 Å². The lowest BCUT2D eigenvalue weighted by Crippen LogP contribution is -2.07. The maximum Gasteiger partial charge on any atom is 0.129 e. The Morgan fingerprint density at radius 2 is 2.31 bits per heavy atom. The van der Waals surface area contributed by atoms with Crippen LogP contribution in [0, 0.1) is 6.92 Å². The predicted molar refractivity (Wildman–Crippen MR) is 67.2 cm³/mol. The molecule has 5 heteroatoms. The van der Waals surface area contributed by atoms with E-state index in [0.717, 1.165) is 28.1 Å². The number of hydrogen-bond acceptors (Lipinski definition) is 3. The van der Waals surface area contributed by atoms with Crippen LogP contribution in [0.15, 0.2) is 29.0 Å². The van der Waals surface area contributed by atoms with Crippen LogP contribution in [-0.2, 0) is 13.6 Å². The van der Waals surface area contributed by atoms with E-state index in [-0.39, 0.29) is 0 Å². The lowest BCUT2D eigenvalue weighted by Gasteiger charge is -2.08. The van der Waals surface area contributed by atoms with Crippen molar-refractivity contribution in [2.45, 2.75) is 13.5 Å². The Bertz CT molecular complexity index is 492. The van der Waals surface area contributed by atoms with E-state index in [2.05, 4.69) is 31.3 Å². The standard InChI is InChI=1S/C11H13BrN4/c1-8-5-9(12)6-13-11(8)14-7-10-3-4-15-16(10)2/h3-6H,7H2,1-2H3,(H,13,14). The third-order valence-corrected chi connectivity index (χ3v) is 2.84. The summed E-state index contributed by atoms with van der Waals surface area (Å²) in [6.45, 7) is 2.76. The molecule has 0 radical (unpaired) electrons. The monoisotopic (exact) mass is 280 g/mol. The topological polar surface area (TPSA) is 42.7 Å². The lowest BCUT2D eigenvalue weighted by atomic mass is 10.3. The first kappa shape index (κ1) is 11.1. The second-order valence-corrected chi connectivity index (χ2v) is 4.53. The number of nitrogens with zero attached hydrogens (tertiary/aromatic N) is 3. The zero-order valence-corrected chi connectivity index (χ0v) is 10.8. The molecule has 0 aliphatic heterocycles. The van der Waals surface area contributed by atoms with Gasteiger partial charge >= 0.3 is 0 Å². The van der Waals surface area contributed by atoms with Crippen LogP contribution in [0.3, 0.4) is 0 Å². The van der Waals surface area contributed by atoms with E-state index in [1.54, 1.807) is 12.4 Å². The Labute approximate surface area is 103 Å². The highest BCUT2D eigenvalue weighted by molar-refractivity contribution is 9.10. The van der Waals surface area contributed by atoms with Crippen LogP contribution in [-0.4, -0.2) is 14.8 Å². The number of rotatable bonds is 3. The Balaban J connectivity index is 2.08. The Kier molecular flexibility index (Phi) is 3.24. The highest BCUT2D eigenvalue weighted by Gasteiger charge is 2.02. The van der Waals surface area contributed by atoms with Gasteiger partial charge in [-0.15, -0.1) is 0 Å². The first-order valence-corrected chi connectivity index (χ1v) is 5.79. The Morgan fingerprint density at radius 3 is 2.94 bits per heavy atom. The molecular weight excluding hydrogens is 268 g/mol. The summed E-state index contributed by atoms with van der Waals surface area (Å²) >= 11 is 3.39. The van der Waals surface area contributed by atoms with Gasteiger partial charge in [-0.25, -0.2) is 4.98 Å². The van der Waals surface area contributed by atoms with Crippen LogP contribution in [0.4, 0.5) is 5.82 Å². The van der Waals surface area contributed by atoms with Gasteiger partial charge in [0.2, 0.25) is 0 Å². The highest BCUT2D eigenvalue weighted by atomic mass is 79.9. The largest absolute Gasteiger partial charge is 0.364 e. The van der Waals surface area contributed by atoms with E-state index in [4.69, 9.17) is 0 Å². The van der Waals surface area contributed by atoms with Crippen molar-refractivity contribution in [3.63, 3.8) is 0 Å². The number of nitrogens with one attached hydrogen (secondary N) is 1. The fraction of sp³-hybridized carbons (Fsp3) is 0.273. The van der Waals surface area contributed by atoms with Gasteiger partial charge in [-0.3, -0.25) is 4.68 Å². The predicted octanol–water partition coefficient (Wildman–Crippen LogP) is 2.50. The molecule has 4 nitrogen and oxygen atoms in total. The van der Waals surface area contributed by atoms with Gasteiger partial charge in [-0.2, -0.15) is 5.10 Å². The van der Waals surface area contributed by atoms with Crippen LogP contribution in [0.2, 0.25) is 0 Å². The van der Waals surface area contributed by atoms with Crippen molar-refractivity contribution >= 4 is 21.7 Å². The fourth-order valence-corrected chi connectivity index (χ4v) is 1.92. The van der Waals surface area contributed by atoms with Gasteiger partial charge in [0.25, 0.3) is 0 Å². The number of pyridine rings is 1. The van der Waals surface area contributed by atoms with E-state index >= 15 is 0 Å². The van der Waals surface area contributed by atoms with Crippen LogP contribution < -0.4 is 5.32 Å². The van der Waals surface area contributed by atoms with E-state index < -0.39 is 0 Å². The van der Waals surface area contributed by atoms with Gasteiger partial charge in [-0.1, -0.05) is 0 Å². The highest BCUT2D eigenvalue weighted by Crippen LogP contribution is 2.17. The van der Waals surface area contributed by atoms with E-state index in [0.29, 0.717) is 0 Å². The Hall–Kier alpha value is -1.36. The molecule has 16 heavy (non-hydrogen) atoms. The summed E-state index contributed by atoms with van der Waals surface area (Å²) in [7, 11) is 1.93. The molecule has 0 aliphatic carbocycles. The molecule has 84 valence electrons. The maximum absolute atomic E-state index is 4.32. The molecular formula is C11H13BrN4. The van der Waals surface area contributed by atoms with Crippen LogP contribution in [0.25, 0.3) is 0 Å². The summed E-state index contributed by atoms with van der Waals surface area (Å²) in [6.07, 6.45) is 3.58. The molecule has 0 bridgehead atoms. The molecule has 2 aromatic rings. The minimum absolute atomic E-state index is 0.728. The van der Waals surface area contributed by atoms with Crippen molar-refractivity contribution in [2.75, 3.05) is 5.32 Å². The SMILES string of the molecule is Cc1cc(Br)cnc1NCc1ccnn1C. The molecule has 0 spiro atoms. The van der Waals surface area contributed by atoms with Crippen LogP contribution in [0.5, 0.6) is 0 Å². The molecule has 0 saturated carbocycles. The minimum Gasteiger partial charge on any atom is -0.364 e. The van der Waals surface area contributed by atoms with Crippen molar-refractivity contribution in [3.8, 4) is 0 Å². The summed E-state index contributed by atoms with van der Waals surface area (Å²) in [6, 6.07) is 4.03. The van der Waals surface area contributed by atoms with Gasteiger partial charge < -0.3 is 5.32 Å². The first-order chi connectivity index (χ1) is 7.66. The van der Waals surface area contributed by atoms with Gasteiger partial charge in [0, 0.05) is 23.9 Å². The van der Waals surface area contributed by atoms with Crippen molar-refractivity contribution in [1.82, 2.24) is 14.8 Å². The maximum atomic E-state index is 4.32. The molecule has 0 aromatic carbocycles. The molecule has 1 N–H and O–H groups in total. The minimum atomic E-state index is 0.728. The summed E-state index contributed by atoms with van der Waals surface area (Å²) in [5.41, 5.74) is 2.25. The summed E-state index contributed by atoms with van der Waals surface area (Å²) in [4.78, 5) is 4.32. The van der Waals surface area contributed by atoms with Crippen molar-refractivity contribution < 1.29 is 0 Å². The molecule has 0 fully saturated rings. The second-order valence-electron chi connectivity index (χ2n) is 3.62. The first-order valence-electron chi connectivity index (χ1n) is 4.99. The summed E-state index contributed by atoms with van der Waals surface area (Å²) in [5.74, 6) is 0.907. The molecule has 2 rings (SSSR count). The third-order valence-electron chi connectivity index (χ3n) is 2.40. The number of halogens is 1. The van der Waals surface area contributed by atoms with E-state index in [9.17, 15) is 0 Å². The fourth-order valence-electron chi connectivity index (χ4n) is 1.47. The van der Waals surface area contributed by atoms with Crippen molar-refractivity contribution in [3.05, 3.63) is 40.3 Å². The van der Waals surface area contributed by atoms with Gasteiger partial charge in [0.05, 0.1) is 12.2 Å². The van der Waals surface area contributed by atoms with Gasteiger partial charge in [0.15, 0.2) is 0 Å². The van der Waals surface area contributed by atoms with Crippen molar-refractivity contribution in [2.24, 2.45) is 7.05 Å². The quantitative estimate of drug-likeness (QED) is 0.940. The smallest absolute Gasteiger partial charge is 0.129 e. The number of anilines is 1. The summed E-state index contributed by atoms with van der Waals surface area (Å²) in [5, 5.41) is 7.40. The molecule has 2 aromatic heterocycles. The van der Waals surface area contributed by atoms with Crippen molar-refractivity contribution in [1.29, 1.82) is 0 Å². The van der Waals surface area contributed by atoms with E-state index in [1.807, 2.05) is 30.8 Å². The second kappa shape index (κ2) is 4.65. The third kappa shape index (κ3) is 2.41. The lowest BCUT2D eigenvalue weighted by molar-refractivity contribution is 0.720. The molecule has 2 heterocycles. The molecule has 0 unspecified atom stereocenters. The Morgan fingerprint density at radius 1 is 1.50 bits per heavy atom. The average molecular weight is 281 g/mol. The van der Waals surface area contributed by atoms with Gasteiger partial charge in [0.1, 0.15) is 5.82 Å². The number of hydrogen-bond donors (Lipinski definition) is 1. The average Bonchev–Trinajstić information content (AvgIpc) is 2.63. The zero-order chi connectivity index (χ0) is 11.5. The normalized spacial score (nSPS) is 10.4. The van der Waals surface area contributed by atoms with Crippen LogP contribution >= 0.6 is 15.9 Å². The summed E-state index contributed by atoms with van der Waals surface area (Å²) < 4.78 is 2.84. The molecule has 0 atom stereocenters. The van der Waals surface area contributed by atoms with Gasteiger partial charge in [-0.05, 0) is 40.5 Å². The number of aromatic nitrogens is 3.